The third kappa shape index (κ3) is 4.46. The van der Waals surface area contributed by atoms with E-state index >= 15 is 0 Å². The minimum Gasteiger partial charge on any atom is -0.380 e. The third-order valence-corrected chi connectivity index (χ3v) is 5.59. The van der Waals surface area contributed by atoms with Crippen molar-refractivity contribution >= 4 is 0 Å². The summed E-state index contributed by atoms with van der Waals surface area (Å²) in [6.45, 7) is 3.32. The second-order valence-corrected chi connectivity index (χ2v) is 6.93. The second-order valence-electron chi connectivity index (χ2n) is 6.93. The van der Waals surface area contributed by atoms with Crippen LogP contribution in [0.2, 0.25) is 0 Å². The maximum atomic E-state index is 6.04. The molecule has 0 amide bonds. The molecule has 1 N–H and O–H groups in total. The fraction of sp³-hybridized carbons (Fsp3) is 1.00. The van der Waals surface area contributed by atoms with Crippen molar-refractivity contribution in [3.8, 4) is 0 Å². The van der Waals surface area contributed by atoms with Crippen LogP contribution in [0, 0.1) is 11.8 Å². The molecule has 2 aliphatic carbocycles. The third-order valence-electron chi connectivity index (χ3n) is 5.59. The van der Waals surface area contributed by atoms with Gasteiger partial charge in [-0.15, -0.1) is 0 Å². The van der Waals surface area contributed by atoms with E-state index in [1.807, 2.05) is 7.11 Å². The molecule has 0 spiro atoms. The van der Waals surface area contributed by atoms with Crippen LogP contribution in [0.15, 0.2) is 0 Å². The van der Waals surface area contributed by atoms with Gasteiger partial charge in [-0.25, -0.2) is 0 Å². The maximum Gasteiger partial charge on any atom is 0.0755 e. The molecule has 0 saturated heterocycles. The van der Waals surface area contributed by atoms with Crippen molar-refractivity contribution in [3.05, 3.63) is 0 Å². The number of nitrogens with one attached hydrogen (secondary N) is 1. The van der Waals surface area contributed by atoms with Gasteiger partial charge in [0.25, 0.3) is 0 Å². The molecule has 0 aliphatic heterocycles. The Morgan fingerprint density at radius 1 is 0.850 bits per heavy atom. The number of hydrogen-bond donors (Lipinski definition) is 1. The van der Waals surface area contributed by atoms with Gasteiger partial charge in [-0.1, -0.05) is 51.9 Å². The number of ether oxygens (including phenoxy) is 1. The summed E-state index contributed by atoms with van der Waals surface area (Å²) in [5.74, 6) is 1.63. The highest BCUT2D eigenvalue weighted by Crippen LogP contribution is 2.34. The van der Waals surface area contributed by atoms with Crippen molar-refractivity contribution in [2.75, 3.05) is 13.7 Å². The Balaban J connectivity index is 2.02. The lowest BCUT2D eigenvalue weighted by Crippen LogP contribution is -2.50. The molecule has 0 aromatic carbocycles. The van der Waals surface area contributed by atoms with E-state index in [-0.39, 0.29) is 0 Å². The van der Waals surface area contributed by atoms with E-state index in [1.54, 1.807) is 0 Å². The van der Waals surface area contributed by atoms with Gasteiger partial charge >= 0.3 is 0 Å². The van der Waals surface area contributed by atoms with Crippen LogP contribution in [-0.4, -0.2) is 25.8 Å². The van der Waals surface area contributed by atoms with E-state index in [2.05, 4.69) is 12.2 Å². The molecule has 2 fully saturated rings. The van der Waals surface area contributed by atoms with E-state index in [4.69, 9.17) is 4.74 Å². The lowest BCUT2D eigenvalue weighted by Gasteiger charge is -2.39. The van der Waals surface area contributed by atoms with Crippen LogP contribution < -0.4 is 5.32 Å². The summed E-state index contributed by atoms with van der Waals surface area (Å²) >= 11 is 0. The number of methoxy groups -OCH3 is 1. The molecule has 20 heavy (non-hydrogen) atoms. The second kappa shape index (κ2) is 9.04. The van der Waals surface area contributed by atoms with E-state index < -0.39 is 0 Å². The van der Waals surface area contributed by atoms with Crippen LogP contribution in [-0.2, 0) is 4.74 Å². The molecule has 2 unspecified atom stereocenters. The predicted molar refractivity (Wildman–Crippen MR) is 86.0 cm³/mol. The Bertz CT molecular complexity index is 242. The average molecular weight is 281 g/mol. The standard InChI is InChI=1S/C18H35NO/c1-3-19-17(15-11-7-4-5-8-12-15)18(20-2)16-13-9-6-10-14-16/h15-19H,3-14H2,1-2H3. The van der Waals surface area contributed by atoms with Gasteiger partial charge in [0, 0.05) is 13.2 Å². The van der Waals surface area contributed by atoms with E-state index in [0.717, 1.165) is 18.4 Å². The summed E-state index contributed by atoms with van der Waals surface area (Å²) in [7, 11) is 1.94. The Kier molecular flexibility index (Phi) is 7.37. The first kappa shape index (κ1) is 16.3. The number of rotatable bonds is 6. The molecule has 0 aromatic heterocycles. The minimum atomic E-state index is 0.443. The summed E-state index contributed by atoms with van der Waals surface area (Å²) in [6, 6.07) is 0.589. The van der Waals surface area contributed by atoms with Gasteiger partial charge in [-0.2, -0.15) is 0 Å². The van der Waals surface area contributed by atoms with Crippen molar-refractivity contribution < 1.29 is 4.74 Å². The smallest absolute Gasteiger partial charge is 0.0755 e. The molecule has 2 atom stereocenters. The molecule has 2 saturated carbocycles. The molecule has 2 heteroatoms. The number of hydrogen-bond acceptors (Lipinski definition) is 2. The topological polar surface area (TPSA) is 21.3 Å². The van der Waals surface area contributed by atoms with Gasteiger partial charge < -0.3 is 10.1 Å². The van der Waals surface area contributed by atoms with Crippen LogP contribution in [0.3, 0.4) is 0 Å². The zero-order valence-corrected chi connectivity index (χ0v) is 13.7. The molecule has 0 radical (unpaired) electrons. The van der Waals surface area contributed by atoms with Crippen molar-refractivity contribution in [2.45, 2.75) is 89.7 Å². The summed E-state index contributed by atoms with van der Waals surface area (Å²) in [6.07, 6.45) is 16.0. The summed E-state index contributed by atoms with van der Waals surface area (Å²) in [5, 5.41) is 3.80. The monoisotopic (exact) mass is 281 g/mol. The van der Waals surface area contributed by atoms with Crippen molar-refractivity contribution in [3.63, 3.8) is 0 Å². The Morgan fingerprint density at radius 3 is 1.85 bits per heavy atom. The summed E-state index contributed by atoms with van der Waals surface area (Å²) in [5.41, 5.74) is 0. The van der Waals surface area contributed by atoms with E-state index in [1.165, 1.54) is 70.6 Å². The highest BCUT2D eigenvalue weighted by atomic mass is 16.5. The quantitative estimate of drug-likeness (QED) is 0.722. The largest absolute Gasteiger partial charge is 0.380 e. The SMILES string of the molecule is CCNC(C1CCCCCC1)C(OC)C1CCCCC1. The van der Waals surface area contributed by atoms with Crippen molar-refractivity contribution in [1.82, 2.24) is 5.32 Å². The van der Waals surface area contributed by atoms with Crippen LogP contribution in [0.1, 0.15) is 77.6 Å². The van der Waals surface area contributed by atoms with Crippen molar-refractivity contribution in [1.29, 1.82) is 0 Å². The van der Waals surface area contributed by atoms with Gasteiger partial charge in [-0.05, 0) is 44.1 Å². The maximum absolute atomic E-state index is 6.04. The molecule has 118 valence electrons. The average Bonchev–Trinajstić information content (AvgIpc) is 2.77. The van der Waals surface area contributed by atoms with E-state index in [0.29, 0.717) is 12.1 Å². The normalized spacial score (nSPS) is 26.1. The van der Waals surface area contributed by atoms with Gasteiger partial charge in [-0.3, -0.25) is 0 Å². The van der Waals surface area contributed by atoms with Gasteiger partial charge in [0.15, 0.2) is 0 Å². The van der Waals surface area contributed by atoms with Crippen LogP contribution in [0.4, 0.5) is 0 Å². The molecule has 0 aromatic rings. The predicted octanol–water partition coefficient (Wildman–Crippen LogP) is 4.53. The Hall–Kier alpha value is -0.0800. The lowest BCUT2D eigenvalue weighted by atomic mass is 9.77. The summed E-state index contributed by atoms with van der Waals surface area (Å²) in [4.78, 5) is 0. The van der Waals surface area contributed by atoms with Gasteiger partial charge in [0.05, 0.1) is 6.10 Å². The van der Waals surface area contributed by atoms with Crippen LogP contribution >= 0.6 is 0 Å². The van der Waals surface area contributed by atoms with Crippen molar-refractivity contribution in [2.24, 2.45) is 11.8 Å². The van der Waals surface area contributed by atoms with Gasteiger partial charge in [0.1, 0.15) is 0 Å². The van der Waals surface area contributed by atoms with Gasteiger partial charge in [0.2, 0.25) is 0 Å². The Labute approximate surface area is 126 Å². The molecule has 0 bridgehead atoms. The molecule has 2 rings (SSSR count). The highest BCUT2D eigenvalue weighted by Gasteiger charge is 2.35. The zero-order valence-electron chi connectivity index (χ0n) is 13.7. The molecule has 2 nitrogen and oxygen atoms in total. The van der Waals surface area contributed by atoms with Crippen LogP contribution in [0.5, 0.6) is 0 Å². The summed E-state index contributed by atoms with van der Waals surface area (Å²) < 4.78 is 6.04. The number of likely N-dealkylation sites (N-methyl/N-ethyl adjacent to an activating group) is 1. The highest BCUT2D eigenvalue weighted by molar-refractivity contribution is 4.89. The fourth-order valence-electron chi connectivity index (χ4n) is 4.55. The first-order valence-corrected chi connectivity index (χ1v) is 9.13. The molecule has 0 heterocycles. The van der Waals surface area contributed by atoms with E-state index in [9.17, 15) is 0 Å². The first-order valence-electron chi connectivity index (χ1n) is 9.13. The first-order chi connectivity index (χ1) is 9.86. The zero-order chi connectivity index (χ0) is 14.2. The molecular weight excluding hydrogens is 246 g/mol. The lowest BCUT2D eigenvalue weighted by molar-refractivity contribution is -0.00953. The fourth-order valence-corrected chi connectivity index (χ4v) is 4.55. The minimum absolute atomic E-state index is 0.443. The molecular formula is C18H35NO. The molecule has 2 aliphatic rings. The van der Waals surface area contributed by atoms with Crippen LogP contribution in [0.25, 0.3) is 0 Å². The Morgan fingerprint density at radius 2 is 1.35 bits per heavy atom.